The van der Waals surface area contributed by atoms with Gasteiger partial charge < -0.3 is 15.0 Å². The molecule has 2 N–H and O–H groups in total. The lowest BCUT2D eigenvalue weighted by molar-refractivity contribution is -0.117. The highest BCUT2D eigenvalue weighted by molar-refractivity contribution is 6.31. The Hall–Kier alpha value is -2.05. The number of likely N-dealkylation sites (tertiary alicyclic amines) is 1. The molecular weight excluding hydrogens is 342 g/mol. The van der Waals surface area contributed by atoms with E-state index in [2.05, 4.69) is 22.1 Å². The normalized spacial score (nSPS) is 18.3. The van der Waals surface area contributed by atoms with Crippen molar-refractivity contribution in [3.05, 3.63) is 28.9 Å². The van der Waals surface area contributed by atoms with Crippen LogP contribution in [0.25, 0.3) is 10.9 Å². The maximum Gasteiger partial charge on any atom is 0.356 e. The van der Waals surface area contributed by atoms with Gasteiger partial charge >= 0.3 is 5.97 Å². The lowest BCUT2D eigenvalue weighted by atomic mass is 10.0. The van der Waals surface area contributed by atoms with E-state index < -0.39 is 5.97 Å². The number of rotatable bonds is 4. The summed E-state index contributed by atoms with van der Waals surface area (Å²) >= 11 is 6.07. The van der Waals surface area contributed by atoms with E-state index in [1.54, 1.807) is 18.2 Å². The molecule has 1 aliphatic heterocycles. The van der Waals surface area contributed by atoms with Gasteiger partial charge in [0.05, 0.1) is 19.3 Å². The predicted octanol–water partition coefficient (Wildman–Crippen LogP) is 3.28. The van der Waals surface area contributed by atoms with Crippen LogP contribution in [0.2, 0.25) is 5.02 Å². The summed E-state index contributed by atoms with van der Waals surface area (Å²) in [5.74, 6) is -0.0894. The summed E-state index contributed by atoms with van der Waals surface area (Å²) in [6.07, 6.45) is 2.30. The summed E-state index contributed by atoms with van der Waals surface area (Å²) in [7, 11) is 1.31. The molecule has 2 heterocycles. The van der Waals surface area contributed by atoms with Crippen LogP contribution in [0.4, 0.5) is 5.69 Å². The number of piperidine rings is 1. The number of ether oxygens (including phenoxy) is 1. The van der Waals surface area contributed by atoms with E-state index in [-0.39, 0.29) is 11.6 Å². The molecule has 1 aromatic carbocycles. The van der Waals surface area contributed by atoms with E-state index in [1.807, 2.05) is 0 Å². The van der Waals surface area contributed by atoms with E-state index >= 15 is 0 Å². The number of methoxy groups -OCH3 is 1. The first-order valence-electron chi connectivity index (χ1n) is 8.39. The number of aromatic amines is 1. The SMILES string of the molecule is COC(=O)c1[nH]c2ccc(Cl)cc2c1NC(=O)CN1CCCC(C)C1. The molecule has 0 bridgehead atoms. The number of esters is 1. The molecule has 7 heteroatoms. The van der Waals surface area contributed by atoms with E-state index in [1.165, 1.54) is 13.5 Å². The summed E-state index contributed by atoms with van der Waals surface area (Å²) in [4.78, 5) is 29.7. The number of nitrogens with zero attached hydrogens (tertiary/aromatic N) is 1. The van der Waals surface area contributed by atoms with Crippen molar-refractivity contribution in [1.82, 2.24) is 9.88 Å². The zero-order valence-electron chi connectivity index (χ0n) is 14.4. The Balaban J connectivity index is 1.84. The van der Waals surface area contributed by atoms with Crippen molar-refractivity contribution < 1.29 is 14.3 Å². The predicted molar refractivity (Wildman–Crippen MR) is 98.1 cm³/mol. The Morgan fingerprint density at radius 1 is 1.44 bits per heavy atom. The van der Waals surface area contributed by atoms with Gasteiger partial charge in [0.1, 0.15) is 5.69 Å². The number of anilines is 1. The van der Waals surface area contributed by atoms with Gasteiger partial charge in [-0.15, -0.1) is 0 Å². The lowest BCUT2D eigenvalue weighted by Crippen LogP contribution is -2.39. The summed E-state index contributed by atoms with van der Waals surface area (Å²) in [6.45, 7) is 4.33. The third-order valence-electron chi connectivity index (χ3n) is 4.52. The van der Waals surface area contributed by atoms with E-state index in [0.717, 1.165) is 19.5 Å². The molecule has 1 unspecified atom stereocenters. The summed E-state index contributed by atoms with van der Waals surface area (Å²) in [5, 5.41) is 4.09. The molecule has 1 aliphatic rings. The van der Waals surface area contributed by atoms with Crippen LogP contribution < -0.4 is 5.32 Å². The van der Waals surface area contributed by atoms with Gasteiger partial charge in [0.25, 0.3) is 0 Å². The molecule has 25 heavy (non-hydrogen) atoms. The molecular formula is C18H22ClN3O3. The van der Waals surface area contributed by atoms with Gasteiger partial charge in [0.2, 0.25) is 5.91 Å². The number of carbonyl (C=O) groups is 2. The molecule has 1 fully saturated rings. The van der Waals surface area contributed by atoms with Gasteiger partial charge in [0.15, 0.2) is 0 Å². The van der Waals surface area contributed by atoms with Crippen LogP contribution in [-0.4, -0.2) is 48.5 Å². The highest BCUT2D eigenvalue weighted by Crippen LogP contribution is 2.30. The van der Waals surface area contributed by atoms with Crippen LogP contribution in [0.3, 0.4) is 0 Å². The Labute approximate surface area is 151 Å². The first kappa shape index (κ1) is 17.8. The number of aromatic nitrogens is 1. The van der Waals surface area contributed by atoms with Crippen LogP contribution >= 0.6 is 11.6 Å². The van der Waals surface area contributed by atoms with Crippen molar-refractivity contribution in [2.75, 3.05) is 32.1 Å². The number of nitrogens with one attached hydrogen (secondary N) is 2. The molecule has 0 saturated carbocycles. The van der Waals surface area contributed by atoms with Crippen LogP contribution in [-0.2, 0) is 9.53 Å². The highest BCUT2D eigenvalue weighted by atomic mass is 35.5. The molecule has 2 aromatic rings. The minimum absolute atomic E-state index is 0.153. The van der Waals surface area contributed by atoms with E-state index in [0.29, 0.717) is 34.1 Å². The largest absolute Gasteiger partial charge is 0.464 e. The van der Waals surface area contributed by atoms with Gasteiger partial charge in [-0.25, -0.2) is 4.79 Å². The minimum Gasteiger partial charge on any atom is -0.464 e. The number of halogens is 1. The number of carbonyl (C=O) groups excluding carboxylic acids is 2. The second kappa shape index (κ2) is 7.45. The fourth-order valence-corrected chi connectivity index (χ4v) is 3.53. The topological polar surface area (TPSA) is 74.4 Å². The monoisotopic (exact) mass is 363 g/mol. The Kier molecular flexibility index (Phi) is 5.30. The number of fused-ring (bicyclic) bond motifs is 1. The zero-order valence-corrected chi connectivity index (χ0v) is 15.2. The molecule has 1 amide bonds. The van der Waals surface area contributed by atoms with Gasteiger partial charge in [0, 0.05) is 22.5 Å². The maximum absolute atomic E-state index is 12.5. The first-order chi connectivity index (χ1) is 12.0. The number of hydrogen-bond donors (Lipinski definition) is 2. The lowest BCUT2D eigenvalue weighted by Gasteiger charge is -2.30. The van der Waals surface area contributed by atoms with Gasteiger partial charge in [-0.1, -0.05) is 18.5 Å². The van der Waals surface area contributed by atoms with Crippen molar-refractivity contribution in [1.29, 1.82) is 0 Å². The summed E-state index contributed by atoms with van der Waals surface area (Å²) < 4.78 is 4.82. The molecule has 1 atom stereocenters. The molecule has 0 radical (unpaired) electrons. The van der Waals surface area contributed by atoms with Crippen LogP contribution in [0, 0.1) is 5.92 Å². The molecule has 0 spiro atoms. The number of H-pyrrole nitrogens is 1. The van der Waals surface area contributed by atoms with Gasteiger partial charge in [-0.3, -0.25) is 9.69 Å². The van der Waals surface area contributed by atoms with Crippen LogP contribution in [0.15, 0.2) is 18.2 Å². The number of hydrogen-bond acceptors (Lipinski definition) is 4. The number of amides is 1. The van der Waals surface area contributed by atoms with E-state index in [4.69, 9.17) is 16.3 Å². The average molecular weight is 364 g/mol. The van der Waals surface area contributed by atoms with Crippen LogP contribution in [0.1, 0.15) is 30.3 Å². The quantitative estimate of drug-likeness (QED) is 0.817. The zero-order chi connectivity index (χ0) is 18.0. The molecule has 134 valence electrons. The third kappa shape index (κ3) is 3.96. The van der Waals surface area contributed by atoms with E-state index in [9.17, 15) is 9.59 Å². The Morgan fingerprint density at radius 2 is 2.24 bits per heavy atom. The highest BCUT2D eigenvalue weighted by Gasteiger charge is 2.23. The summed E-state index contributed by atoms with van der Waals surface area (Å²) in [6, 6.07) is 5.21. The molecule has 1 saturated heterocycles. The average Bonchev–Trinajstić information content (AvgIpc) is 2.92. The second-order valence-electron chi connectivity index (χ2n) is 6.59. The maximum atomic E-state index is 12.5. The molecule has 0 aliphatic carbocycles. The first-order valence-corrected chi connectivity index (χ1v) is 8.77. The third-order valence-corrected chi connectivity index (χ3v) is 4.76. The smallest absolute Gasteiger partial charge is 0.356 e. The molecule has 1 aromatic heterocycles. The number of benzene rings is 1. The van der Waals surface area contributed by atoms with Gasteiger partial charge in [-0.05, 0) is 43.5 Å². The minimum atomic E-state index is -0.533. The molecule has 3 rings (SSSR count). The second-order valence-corrected chi connectivity index (χ2v) is 7.02. The fourth-order valence-electron chi connectivity index (χ4n) is 3.36. The van der Waals surface area contributed by atoms with Crippen molar-refractivity contribution in [3.8, 4) is 0 Å². The van der Waals surface area contributed by atoms with Crippen molar-refractivity contribution in [2.45, 2.75) is 19.8 Å². The standard InChI is InChI=1S/C18H22ClN3O3/c1-11-4-3-7-22(9-11)10-15(23)21-16-13-8-12(19)5-6-14(13)20-17(16)18(24)25-2/h5-6,8,11,20H,3-4,7,9-10H2,1-2H3,(H,21,23). The van der Waals surface area contributed by atoms with Crippen molar-refractivity contribution in [2.24, 2.45) is 5.92 Å². The molecule has 6 nitrogen and oxygen atoms in total. The van der Waals surface area contributed by atoms with Crippen LogP contribution in [0.5, 0.6) is 0 Å². The fraction of sp³-hybridized carbons (Fsp3) is 0.444. The summed E-state index contributed by atoms with van der Waals surface area (Å²) in [5.41, 5.74) is 1.35. The van der Waals surface area contributed by atoms with Crippen molar-refractivity contribution >= 4 is 40.1 Å². The Bertz CT molecular complexity index is 802. The van der Waals surface area contributed by atoms with Crippen molar-refractivity contribution in [3.63, 3.8) is 0 Å². The van der Waals surface area contributed by atoms with Gasteiger partial charge in [-0.2, -0.15) is 0 Å². The Morgan fingerprint density at radius 3 is 2.96 bits per heavy atom.